The smallest absolute Gasteiger partial charge is 0.410 e. The highest BCUT2D eigenvalue weighted by Gasteiger charge is 2.37. The summed E-state index contributed by atoms with van der Waals surface area (Å²) in [6.45, 7) is 5.15. The van der Waals surface area contributed by atoms with E-state index in [0.717, 1.165) is 48.0 Å². The van der Waals surface area contributed by atoms with Gasteiger partial charge in [0, 0.05) is 43.5 Å². The third-order valence-electron chi connectivity index (χ3n) is 9.93. The number of urea groups is 1. The minimum absolute atomic E-state index is 0.0359. The number of anilines is 1. The molecule has 9 nitrogen and oxygen atoms in total. The van der Waals surface area contributed by atoms with Gasteiger partial charge in [-0.1, -0.05) is 29.3 Å². The van der Waals surface area contributed by atoms with E-state index in [1.54, 1.807) is 28.4 Å². The van der Waals surface area contributed by atoms with Crippen LogP contribution in [0.4, 0.5) is 15.3 Å². The predicted molar refractivity (Wildman–Crippen MR) is 173 cm³/mol. The second kappa shape index (κ2) is 13.8. The van der Waals surface area contributed by atoms with Gasteiger partial charge in [-0.15, -0.1) is 11.3 Å². The van der Waals surface area contributed by atoms with Crippen molar-refractivity contribution < 1.29 is 19.1 Å². The Morgan fingerprint density at radius 3 is 2.27 bits per heavy atom. The van der Waals surface area contributed by atoms with E-state index >= 15 is 0 Å². The van der Waals surface area contributed by atoms with Gasteiger partial charge < -0.3 is 29.7 Å². The Morgan fingerprint density at radius 2 is 1.59 bits per heavy atom. The molecule has 6 rings (SSSR count). The molecule has 1 N–H and O–H groups in total. The van der Waals surface area contributed by atoms with Gasteiger partial charge in [0.05, 0.1) is 22.3 Å². The number of benzene rings is 1. The molecule has 0 radical (unpaired) electrons. The predicted octanol–water partition coefficient (Wildman–Crippen LogP) is 6.20. The molecule has 3 saturated heterocycles. The van der Waals surface area contributed by atoms with Gasteiger partial charge in [-0.3, -0.25) is 4.79 Å². The van der Waals surface area contributed by atoms with Crippen LogP contribution in [0.2, 0.25) is 10.0 Å². The number of piperidine rings is 3. The molecule has 4 aliphatic rings. The number of ether oxygens (including phenoxy) is 1. The van der Waals surface area contributed by atoms with Gasteiger partial charge in [0.1, 0.15) is 0 Å². The van der Waals surface area contributed by atoms with Crippen LogP contribution in [0.1, 0.15) is 49.0 Å². The van der Waals surface area contributed by atoms with E-state index in [1.807, 2.05) is 27.3 Å². The zero-order chi connectivity index (χ0) is 30.8. The van der Waals surface area contributed by atoms with Crippen molar-refractivity contribution in [3.8, 4) is 0 Å². The first kappa shape index (κ1) is 31.5. The van der Waals surface area contributed by atoms with Crippen LogP contribution in [-0.4, -0.2) is 96.1 Å². The van der Waals surface area contributed by atoms with Crippen LogP contribution >= 0.6 is 34.5 Å². The minimum Gasteiger partial charge on any atom is -0.436 e. The summed E-state index contributed by atoms with van der Waals surface area (Å²) in [7, 11) is 2.18. The van der Waals surface area contributed by atoms with E-state index in [2.05, 4.69) is 17.3 Å². The van der Waals surface area contributed by atoms with Crippen LogP contribution in [0.15, 0.2) is 29.6 Å². The third-order valence-corrected chi connectivity index (χ3v) is 11.6. The first-order valence-corrected chi connectivity index (χ1v) is 17.4. The Kier molecular flexibility index (Phi) is 9.90. The number of thiophene rings is 1. The van der Waals surface area contributed by atoms with Crippen molar-refractivity contribution in [1.82, 2.24) is 19.6 Å². The van der Waals surface area contributed by atoms with Gasteiger partial charge >= 0.3 is 12.1 Å². The van der Waals surface area contributed by atoms with Crippen LogP contribution in [0.3, 0.4) is 0 Å². The van der Waals surface area contributed by atoms with E-state index in [-0.39, 0.29) is 24.4 Å². The number of likely N-dealkylation sites (tertiary alicyclic amines) is 3. The number of halogens is 2. The van der Waals surface area contributed by atoms with Crippen molar-refractivity contribution in [3.63, 3.8) is 0 Å². The maximum atomic E-state index is 13.9. The molecule has 3 fully saturated rings. The molecule has 4 aliphatic heterocycles. The van der Waals surface area contributed by atoms with Gasteiger partial charge in [-0.25, -0.2) is 9.59 Å². The lowest BCUT2D eigenvalue weighted by atomic mass is 9.79. The fourth-order valence-electron chi connectivity index (χ4n) is 7.19. The molecule has 5 heterocycles. The average molecular weight is 663 g/mol. The summed E-state index contributed by atoms with van der Waals surface area (Å²) in [4.78, 5) is 49.0. The summed E-state index contributed by atoms with van der Waals surface area (Å²) in [6.07, 6.45) is 4.49. The molecule has 1 aromatic heterocycles. The normalized spacial score (nSPS) is 21.6. The molecule has 44 heavy (non-hydrogen) atoms. The Balaban J connectivity index is 1.07. The fraction of sp³-hybridized carbons (Fsp3) is 0.594. The van der Waals surface area contributed by atoms with E-state index in [9.17, 15) is 14.4 Å². The molecule has 1 aromatic carbocycles. The van der Waals surface area contributed by atoms with Crippen molar-refractivity contribution in [2.45, 2.75) is 63.6 Å². The third kappa shape index (κ3) is 7.14. The molecule has 0 bridgehead atoms. The van der Waals surface area contributed by atoms with Crippen LogP contribution in [0.25, 0.3) is 0 Å². The van der Waals surface area contributed by atoms with Crippen molar-refractivity contribution in [1.29, 1.82) is 0 Å². The standard InChI is InChI=1S/C32H41Cl2N5O4S/c1-36-11-4-22(5-12-36)23-6-13-37(14-7-23)30(40)28(19-21-2-3-25(33)26(34)18-21)43-32(42)38-15-8-24(9-16-38)39-20-29-27(10-17-44-29)35-31(39)41/h2-3,10,17-18,22-24,28H,4-9,11-16,19-20H2,1H3,(H,35,41)/t28-/m1/s1. The molecule has 4 amide bonds. The van der Waals surface area contributed by atoms with E-state index in [0.29, 0.717) is 61.5 Å². The van der Waals surface area contributed by atoms with Crippen LogP contribution in [0.5, 0.6) is 0 Å². The highest BCUT2D eigenvalue weighted by atomic mass is 35.5. The number of nitrogens with one attached hydrogen (secondary N) is 1. The molecule has 2 aromatic rings. The largest absolute Gasteiger partial charge is 0.436 e. The lowest BCUT2D eigenvalue weighted by Crippen LogP contribution is -2.52. The van der Waals surface area contributed by atoms with Crippen molar-refractivity contribution >= 4 is 58.3 Å². The maximum absolute atomic E-state index is 13.9. The van der Waals surface area contributed by atoms with Crippen molar-refractivity contribution in [2.24, 2.45) is 11.8 Å². The second-order valence-electron chi connectivity index (χ2n) is 12.7. The fourth-order valence-corrected chi connectivity index (χ4v) is 8.34. The molecule has 0 spiro atoms. The number of hydrogen-bond donors (Lipinski definition) is 1. The SMILES string of the molecule is CN1CCC(C2CCN(C(=O)[C@@H](Cc3ccc(Cl)c(Cl)c3)OC(=O)N3CCC(N4Cc5sccc5NC4=O)CC3)CC2)CC1. The summed E-state index contributed by atoms with van der Waals surface area (Å²) >= 11 is 14.1. The lowest BCUT2D eigenvalue weighted by molar-refractivity contribution is -0.142. The second-order valence-corrected chi connectivity index (χ2v) is 14.5. The van der Waals surface area contributed by atoms with Crippen molar-refractivity contribution in [2.75, 3.05) is 51.6 Å². The molecule has 0 saturated carbocycles. The summed E-state index contributed by atoms with van der Waals surface area (Å²) in [6, 6.07) is 7.14. The van der Waals surface area contributed by atoms with Crippen LogP contribution < -0.4 is 5.32 Å². The quantitative estimate of drug-likeness (QED) is 0.399. The number of carbonyl (C=O) groups is 3. The lowest BCUT2D eigenvalue weighted by Gasteiger charge is -2.41. The number of amides is 4. The zero-order valence-corrected chi connectivity index (χ0v) is 27.5. The van der Waals surface area contributed by atoms with Gasteiger partial charge in [0.25, 0.3) is 5.91 Å². The highest BCUT2D eigenvalue weighted by Crippen LogP contribution is 2.34. The zero-order valence-electron chi connectivity index (χ0n) is 25.2. The molecule has 0 aliphatic carbocycles. The maximum Gasteiger partial charge on any atom is 0.410 e. The Bertz CT molecular complexity index is 1350. The number of hydrogen-bond acceptors (Lipinski definition) is 6. The van der Waals surface area contributed by atoms with E-state index in [4.69, 9.17) is 27.9 Å². The van der Waals surface area contributed by atoms with Gasteiger partial charge in [0.15, 0.2) is 6.10 Å². The average Bonchev–Trinajstić information content (AvgIpc) is 3.49. The molecule has 12 heteroatoms. The van der Waals surface area contributed by atoms with Crippen molar-refractivity contribution in [3.05, 3.63) is 50.1 Å². The van der Waals surface area contributed by atoms with Crippen LogP contribution in [-0.2, 0) is 22.5 Å². The molecule has 0 unspecified atom stereocenters. The van der Waals surface area contributed by atoms with Crippen LogP contribution in [0, 0.1) is 11.8 Å². The van der Waals surface area contributed by atoms with E-state index < -0.39 is 12.2 Å². The topological polar surface area (TPSA) is 85.4 Å². The summed E-state index contributed by atoms with van der Waals surface area (Å²) < 4.78 is 5.99. The van der Waals surface area contributed by atoms with Gasteiger partial charge in [0.2, 0.25) is 0 Å². The Labute approximate surface area is 273 Å². The van der Waals surface area contributed by atoms with E-state index in [1.165, 1.54) is 12.8 Å². The first-order chi connectivity index (χ1) is 21.2. The minimum atomic E-state index is -0.956. The summed E-state index contributed by atoms with van der Waals surface area (Å²) in [5.74, 6) is 1.20. The Hall–Kier alpha value is -2.53. The first-order valence-electron chi connectivity index (χ1n) is 15.8. The molecule has 238 valence electrons. The number of fused-ring (bicyclic) bond motifs is 1. The number of carbonyl (C=O) groups excluding carboxylic acids is 3. The molecular weight excluding hydrogens is 621 g/mol. The monoisotopic (exact) mass is 661 g/mol. The molecular formula is C32H41Cl2N5O4S. The number of nitrogens with zero attached hydrogens (tertiary/aromatic N) is 4. The number of rotatable bonds is 6. The highest BCUT2D eigenvalue weighted by molar-refractivity contribution is 7.10. The summed E-state index contributed by atoms with van der Waals surface area (Å²) in [5.41, 5.74) is 1.68. The van der Waals surface area contributed by atoms with Gasteiger partial charge in [-0.2, -0.15) is 0 Å². The Morgan fingerprint density at radius 1 is 0.932 bits per heavy atom. The van der Waals surface area contributed by atoms with Gasteiger partial charge in [-0.05, 0) is 99.6 Å². The molecule has 1 atom stereocenters. The summed E-state index contributed by atoms with van der Waals surface area (Å²) in [5, 5.41) is 5.80.